The van der Waals surface area contributed by atoms with E-state index < -0.39 is 27.1 Å². The molecular weight excluding hydrogens is 507 g/mol. The lowest BCUT2D eigenvalue weighted by Crippen LogP contribution is -2.66. The van der Waals surface area contributed by atoms with Crippen molar-refractivity contribution in [2.24, 2.45) is 0 Å². The van der Waals surface area contributed by atoms with Gasteiger partial charge in [0.2, 0.25) is 21.8 Å². The summed E-state index contributed by atoms with van der Waals surface area (Å²) in [4.78, 5) is 29.9. The molecule has 3 aliphatic rings. The molecule has 3 fully saturated rings. The maximum Gasteiger partial charge on any atom is 0.247 e. The summed E-state index contributed by atoms with van der Waals surface area (Å²) in [6.07, 6.45) is 2.58. The van der Waals surface area contributed by atoms with Crippen LogP contribution in [0.4, 0.5) is 10.1 Å². The van der Waals surface area contributed by atoms with E-state index in [9.17, 15) is 18.0 Å². The van der Waals surface area contributed by atoms with Gasteiger partial charge in [-0.25, -0.2) is 12.8 Å². The number of halogens is 1. The molecule has 3 atom stereocenters. The number of anilines is 1. The molecule has 2 amide bonds. The second-order valence-corrected chi connectivity index (χ2v) is 12.8. The number of piperazine rings is 2. The molecule has 5 rings (SSSR count). The predicted molar refractivity (Wildman–Crippen MR) is 143 cm³/mol. The van der Waals surface area contributed by atoms with Crippen LogP contribution in [0.1, 0.15) is 37.3 Å². The molecule has 0 spiro atoms. The molecule has 8 nitrogen and oxygen atoms in total. The van der Waals surface area contributed by atoms with Crippen LogP contribution in [-0.2, 0) is 32.6 Å². The number of hydrogen-bond donors (Lipinski definition) is 0. The molecule has 0 aliphatic carbocycles. The summed E-state index contributed by atoms with van der Waals surface area (Å²) < 4.78 is 43.9. The van der Waals surface area contributed by atoms with Gasteiger partial charge in [-0.2, -0.15) is 4.31 Å². The summed E-state index contributed by atoms with van der Waals surface area (Å²) >= 11 is 0. The standard InChI is InChI=1S/C28H35FN4O4S/c1-20-8-12-24(13-9-21-6-4-3-5-7-21)38(36,37)33(20)17-22-10-11-23(16-25(22)29)31-14-15-32-26(18-31)28(35)30(2)19-27(32)34/h3-7,10-11,16,20,24,26H,8-9,12-15,17-19H2,1-2H3/t20-,24?,26-/m0/s1. The van der Waals surface area contributed by atoms with E-state index in [1.165, 1.54) is 15.3 Å². The van der Waals surface area contributed by atoms with Crippen LogP contribution >= 0.6 is 0 Å². The lowest BCUT2D eigenvalue weighted by atomic mass is 10.0. The van der Waals surface area contributed by atoms with E-state index in [1.807, 2.05) is 42.2 Å². The molecule has 10 heteroatoms. The first-order chi connectivity index (χ1) is 18.1. The van der Waals surface area contributed by atoms with E-state index in [-0.39, 0.29) is 30.9 Å². The fourth-order valence-electron chi connectivity index (χ4n) is 5.86. The van der Waals surface area contributed by atoms with Gasteiger partial charge in [0, 0.05) is 50.5 Å². The summed E-state index contributed by atoms with van der Waals surface area (Å²) in [6, 6.07) is 13.9. The zero-order valence-corrected chi connectivity index (χ0v) is 22.7. The third-order valence-corrected chi connectivity index (χ3v) is 10.7. The van der Waals surface area contributed by atoms with Crippen LogP contribution in [0.25, 0.3) is 0 Å². The van der Waals surface area contributed by atoms with E-state index in [2.05, 4.69) is 0 Å². The largest absolute Gasteiger partial charge is 0.367 e. The first-order valence-corrected chi connectivity index (χ1v) is 14.8. The number of fused-ring (bicyclic) bond motifs is 1. The lowest BCUT2D eigenvalue weighted by molar-refractivity contribution is -0.154. The van der Waals surface area contributed by atoms with E-state index >= 15 is 4.39 Å². The Morgan fingerprint density at radius 1 is 1.03 bits per heavy atom. The van der Waals surface area contributed by atoms with Crippen molar-refractivity contribution in [3.8, 4) is 0 Å². The normalized spacial score (nSPS) is 26.0. The number of benzene rings is 2. The second-order valence-electron chi connectivity index (χ2n) is 10.7. The smallest absolute Gasteiger partial charge is 0.247 e. The molecule has 0 N–H and O–H groups in total. The molecule has 38 heavy (non-hydrogen) atoms. The summed E-state index contributed by atoms with van der Waals surface area (Å²) in [5, 5.41) is -0.480. The van der Waals surface area contributed by atoms with Gasteiger partial charge in [0.15, 0.2) is 0 Å². The third-order valence-electron chi connectivity index (χ3n) is 8.21. The molecular formula is C28H35FN4O4S. The van der Waals surface area contributed by atoms with Crippen molar-refractivity contribution in [2.75, 3.05) is 38.1 Å². The Labute approximate surface area is 224 Å². The van der Waals surface area contributed by atoms with Crippen molar-refractivity contribution < 1.29 is 22.4 Å². The van der Waals surface area contributed by atoms with Crippen LogP contribution in [-0.4, -0.2) is 84.9 Å². The summed E-state index contributed by atoms with van der Waals surface area (Å²) in [6.45, 7) is 3.17. The van der Waals surface area contributed by atoms with Crippen LogP contribution in [0.2, 0.25) is 0 Å². The Bertz CT molecular complexity index is 1310. The van der Waals surface area contributed by atoms with Gasteiger partial charge in [-0.05, 0) is 50.3 Å². The average molecular weight is 543 g/mol. The van der Waals surface area contributed by atoms with Crippen molar-refractivity contribution in [3.05, 3.63) is 65.5 Å². The molecule has 1 unspecified atom stereocenters. The van der Waals surface area contributed by atoms with Crippen LogP contribution in [0.3, 0.4) is 0 Å². The topological polar surface area (TPSA) is 81.2 Å². The van der Waals surface area contributed by atoms with Crippen molar-refractivity contribution in [1.82, 2.24) is 14.1 Å². The highest BCUT2D eigenvalue weighted by Crippen LogP contribution is 2.32. The van der Waals surface area contributed by atoms with Crippen LogP contribution in [0, 0.1) is 5.82 Å². The van der Waals surface area contributed by atoms with Gasteiger partial charge in [-0.15, -0.1) is 0 Å². The van der Waals surface area contributed by atoms with Gasteiger partial charge in [-0.3, -0.25) is 9.59 Å². The van der Waals surface area contributed by atoms with Crippen LogP contribution in [0.5, 0.6) is 0 Å². The number of likely N-dealkylation sites (N-methyl/N-ethyl adjacent to an activating group) is 1. The highest BCUT2D eigenvalue weighted by atomic mass is 32.2. The number of amides is 2. The van der Waals surface area contributed by atoms with Gasteiger partial charge in [0.25, 0.3) is 0 Å². The number of aryl methyl sites for hydroxylation is 1. The number of carbonyl (C=O) groups is 2. The Morgan fingerprint density at radius 2 is 1.79 bits per heavy atom. The number of nitrogens with zero attached hydrogens (tertiary/aromatic N) is 4. The molecule has 2 aromatic carbocycles. The molecule has 3 heterocycles. The zero-order valence-electron chi connectivity index (χ0n) is 21.9. The van der Waals surface area contributed by atoms with Crippen molar-refractivity contribution in [2.45, 2.75) is 56.5 Å². The first kappa shape index (κ1) is 26.6. The summed E-state index contributed by atoms with van der Waals surface area (Å²) in [5.41, 5.74) is 2.06. The van der Waals surface area contributed by atoms with Crippen molar-refractivity contribution >= 4 is 27.5 Å². The molecule has 0 aromatic heterocycles. The molecule has 0 radical (unpaired) electrons. The molecule has 3 saturated heterocycles. The van der Waals surface area contributed by atoms with Gasteiger partial charge in [0.05, 0.1) is 11.8 Å². The molecule has 2 aromatic rings. The van der Waals surface area contributed by atoms with E-state index in [4.69, 9.17) is 0 Å². The Hall–Kier alpha value is -2.98. The number of sulfonamides is 1. The molecule has 0 saturated carbocycles. The average Bonchev–Trinajstić information content (AvgIpc) is 2.90. The maximum absolute atomic E-state index is 15.4. The van der Waals surface area contributed by atoms with E-state index in [0.29, 0.717) is 50.1 Å². The highest BCUT2D eigenvalue weighted by Gasteiger charge is 2.42. The minimum atomic E-state index is -3.58. The lowest BCUT2D eigenvalue weighted by Gasteiger charge is -2.46. The van der Waals surface area contributed by atoms with Gasteiger partial charge >= 0.3 is 0 Å². The monoisotopic (exact) mass is 542 g/mol. The SMILES string of the molecule is C[C@H]1CCC(CCc2ccccc2)S(=O)(=O)N1Cc1ccc(N2CCN3C(=O)CN(C)C(=O)[C@@H]3C2)cc1F. The van der Waals surface area contributed by atoms with Crippen molar-refractivity contribution in [1.29, 1.82) is 0 Å². The summed E-state index contributed by atoms with van der Waals surface area (Å²) in [7, 11) is -1.96. The number of carbonyl (C=O) groups excluding carboxylic acids is 2. The quantitative estimate of drug-likeness (QED) is 0.561. The van der Waals surface area contributed by atoms with Gasteiger partial charge < -0.3 is 14.7 Å². The summed E-state index contributed by atoms with van der Waals surface area (Å²) in [5.74, 6) is -0.656. The maximum atomic E-state index is 15.4. The minimum Gasteiger partial charge on any atom is -0.367 e. The molecule has 3 aliphatic heterocycles. The van der Waals surface area contributed by atoms with E-state index in [1.54, 1.807) is 24.1 Å². The van der Waals surface area contributed by atoms with Gasteiger partial charge in [0.1, 0.15) is 11.9 Å². The molecule has 204 valence electrons. The Balaban J connectivity index is 1.28. The Kier molecular flexibility index (Phi) is 7.46. The third kappa shape index (κ3) is 5.16. The second kappa shape index (κ2) is 10.6. The fraction of sp³-hybridized carbons (Fsp3) is 0.500. The first-order valence-electron chi connectivity index (χ1n) is 13.3. The van der Waals surface area contributed by atoms with E-state index in [0.717, 1.165) is 12.0 Å². The minimum absolute atomic E-state index is 0.00830. The zero-order chi connectivity index (χ0) is 27.0. The number of hydrogen-bond acceptors (Lipinski definition) is 5. The highest BCUT2D eigenvalue weighted by molar-refractivity contribution is 7.89. The number of rotatable bonds is 6. The fourth-order valence-corrected chi connectivity index (χ4v) is 8.01. The predicted octanol–water partition coefficient (Wildman–Crippen LogP) is 2.63. The van der Waals surface area contributed by atoms with Crippen LogP contribution in [0.15, 0.2) is 48.5 Å². The van der Waals surface area contributed by atoms with Crippen LogP contribution < -0.4 is 4.90 Å². The Morgan fingerprint density at radius 3 is 2.53 bits per heavy atom. The molecule has 0 bridgehead atoms. The van der Waals surface area contributed by atoms with Crippen molar-refractivity contribution in [3.63, 3.8) is 0 Å². The van der Waals surface area contributed by atoms with Gasteiger partial charge in [-0.1, -0.05) is 36.4 Å².